The Morgan fingerprint density at radius 3 is 2.73 bits per heavy atom. The molecule has 0 aliphatic heterocycles. The van der Waals surface area contributed by atoms with Crippen molar-refractivity contribution in [2.45, 2.75) is 38.6 Å². The summed E-state index contributed by atoms with van der Waals surface area (Å²) < 4.78 is 4.78. The van der Waals surface area contributed by atoms with E-state index in [0.29, 0.717) is 11.6 Å². The minimum absolute atomic E-state index is 0.0350. The van der Waals surface area contributed by atoms with E-state index in [1.165, 1.54) is 4.90 Å². The molecule has 0 aromatic rings. The Kier molecular flexibility index (Phi) is 4.50. The van der Waals surface area contributed by atoms with Crippen molar-refractivity contribution < 1.29 is 9.53 Å². The lowest BCUT2D eigenvalue weighted by molar-refractivity contribution is -0.141. The Labute approximate surface area is 94.8 Å². The summed E-state index contributed by atoms with van der Waals surface area (Å²) in [5.74, 6) is -0.359. The van der Waals surface area contributed by atoms with Crippen molar-refractivity contribution in [2.75, 3.05) is 6.61 Å². The first kappa shape index (κ1) is 11.9. The molecule has 0 aromatic heterocycles. The van der Waals surface area contributed by atoms with Gasteiger partial charge in [0.05, 0.1) is 13.0 Å². The standard InChI is InChI=1S/C10H14N2O2S/c1-2-14-10(13)6-9(15)12(7-11)8-4-3-5-8/h8H,2-6H2,1H3. The van der Waals surface area contributed by atoms with Crippen LogP contribution in [0.5, 0.6) is 0 Å². The third-order valence-electron chi connectivity index (χ3n) is 2.42. The summed E-state index contributed by atoms with van der Waals surface area (Å²) in [6.07, 6.45) is 5.17. The van der Waals surface area contributed by atoms with Crippen LogP contribution >= 0.6 is 12.2 Å². The van der Waals surface area contributed by atoms with Crippen LogP contribution in [-0.4, -0.2) is 28.5 Å². The van der Waals surface area contributed by atoms with E-state index in [4.69, 9.17) is 22.2 Å². The van der Waals surface area contributed by atoms with Crippen LogP contribution in [0.15, 0.2) is 0 Å². The highest BCUT2D eigenvalue weighted by Crippen LogP contribution is 2.25. The lowest BCUT2D eigenvalue weighted by atomic mass is 9.92. The second kappa shape index (κ2) is 5.66. The van der Waals surface area contributed by atoms with Crippen molar-refractivity contribution >= 4 is 23.2 Å². The van der Waals surface area contributed by atoms with Gasteiger partial charge in [-0.05, 0) is 26.2 Å². The van der Waals surface area contributed by atoms with Gasteiger partial charge in [-0.2, -0.15) is 5.26 Å². The second-order valence-corrected chi connectivity index (χ2v) is 3.90. The Bertz CT molecular complexity index is 294. The zero-order valence-corrected chi connectivity index (χ0v) is 9.55. The van der Waals surface area contributed by atoms with Crippen molar-refractivity contribution in [3.63, 3.8) is 0 Å². The van der Waals surface area contributed by atoms with Crippen LogP contribution in [0.1, 0.15) is 32.6 Å². The molecule has 5 heteroatoms. The molecule has 0 spiro atoms. The van der Waals surface area contributed by atoms with Gasteiger partial charge in [-0.25, -0.2) is 0 Å². The number of esters is 1. The molecule has 0 atom stereocenters. The van der Waals surface area contributed by atoms with Gasteiger partial charge in [0.25, 0.3) is 0 Å². The Morgan fingerprint density at radius 2 is 2.33 bits per heavy atom. The van der Waals surface area contributed by atoms with Gasteiger partial charge in [-0.3, -0.25) is 9.69 Å². The number of carbonyl (C=O) groups is 1. The molecule has 1 saturated carbocycles. The fraction of sp³-hybridized carbons (Fsp3) is 0.700. The third kappa shape index (κ3) is 3.17. The Hall–Kier alpha value is -1.15. The number of hydrogen-bond donors (Lipinski definition) is 0. The molecule has 4 nitrogen and oxygen atoms in total. The highest BCUT2D eigenvalue weighted by Gasteiger charge is 2.27. The lowest BCUT2D eigenvalue weighted by Crippen LogP contribution is -2.40. The van der Waals surface area contributed by atoms with Crippen LogP contribution in [0.25, 0.3) is 0 Å². The number of thiocarbonyl (C=S) groups is 1. The molecule has 0 bridgehead atoms. The first-order valence-corrected chi connectivity index (χ1v) is 5.47. The summed E-state index contributed by atoms with van der Waals surface area (Å²) in [7, 11) is 0. The Morgan fingerprint density at radius 1 is 1.67 bits per heavy atom. The number of ether oxygens (including phenoxy) is 1. The number of nitrogens with zero attached hydrogens (tertiary/aromatic N) is 2. The van der Waals surface area contributed by atoms with Gasteiger partial charge >= 0.3 is 5.97 Å². The third-order valence-corrected chi connectivity index (χ3v) is 2.76. The predicted octanol–water partition coefficient (Wildman–Crippen LogP) is 1.60. The smallest absolute Gasteiger partial charge is 0.312 e. The van der Waals surface area contributed by atoms with Gasteiger partial charge in [-0.1, -0.05) is 12.2 Å². The quantitative estimate of drug-likeness (QED) is 0.315. The topological polar surface area (TPSA) is 53.3 Å². The van der Waals surface area contributed by atoms with E-state index in [9.17, 15) is 4.79 Å². The first-order chi connectivity index (χ1) is 7.19. The molecular formula is C10H14N2O2S. The maximum Gasteiger partial charge on any atom is 0.312 e. The van der Waals surface area contributed by atoms with E-state index in [0.717, 1.165) is 19.3 Å². The molecular weight excluding hydrogens is 212 g/mol. The molecule has 0 N–H and O–H groups in total. The summed E-state index contributed by atoms with van der Waals surface area (Å²) in [5, 5.41) is 8.91. The molecule has 1 aliphatic rings. The van der Waals surface area contributed by atoms with Crippen LogP contribution in [-0.2, 0) is 9.53 Å². The molecule has 82 valence electrons. The summed E-state index contributed by atoms with van der Waals surface area (Å²) in [5.41, 5.74) is 0. The lowest BCUT2D eigenvalue weighted by Gasteiger charge is -2.33. The van der Waals surface area contributed by atoms with Crippen LogP contribution < -0.4 is 0 Å². The summed E-state index contributed by atoms with van der Waals surface area (Å²) in [4.78, 5) is 13.0. The predicted molar refractivity (Wildman–Crippen MR) is 58.9 cm³/mol. The molecule has 0 aromatic carbocycles. The van der Waals surface area contributed by atoms with E-state index >= 15 is 0 Å². The normalized spacial score (nSPS) is 14.9. The fourth-order valence-corrected chi connectivity index (χ4v) is 1.71. The molecule has 1 rings (SSSR count). The van der Waals surface area contributed by atoms with Crippen LogP contribution in [0.4, 0.5) is 0 Å². The van der Waals surface area contributed by atoms with Crippen molar-refractivity contribution in [3.8, 4) is 6.19 Å². The van der Waals surface area contributed by atoms with Gasteiger partial charge < -0.3 is 4.74 Å². The summed E-state index contributed by atoms with van der Waals surface area (Å²) >= 11 is 5.04. The van der Waals surface area contributed by atoms with E-state index in [-0.39, 0.29) is 18.4 Å². The zero-order chi connectivity index (χ0) is 11.3. The van der Waals surface area contributed by atoms with E-state index in [1.807, 2.05) is 6.19 Å². The van der Waals surface area contributed by atoms with Crippen LogP contribution in [0.3, 0.4) is 0 Å². The minimum atomic E-state index is -0.359. The van der Waals surface area contributed by atoms with Crippen molar-refractivity contribution in [1.82, 2.24) is 4.90 Å². The van der Waals surface area contributed by atoms with Crippen molar-refractivity contribution in [2.24, 2.45) is 0 Å². The summed E-state index contributed by atoms with van der Waals surface area (Å²) in [6.45, 7) is 2.09. The maximum atomic E-state index is 11.2. The molecule has 0 unspecified atom stereocenters. The molecule has 0 radical (unpaired) electrons. The molecule has 0 saturated heterocycles. The second-order valence-electron chi connectivity index (χ2n) is 3.43. The average Bonchev–Trinajstić information content (AvgIpc) is 2.10. The highest BCUT2D eigenvalue weighted by molar-refractivity contribution is 7.80. The van der Waals surface area contributed by atoms with Gasteiger partial charge in [0, 0.05) is 6.04 Å². The molecule has 0 heterocycles. The monoisotopic (exact) mass is 226 g/mol. The molecule has 1 fully saturated rings. The van der Waals surface area contributed by atoms with E-state index < -0.39 is 0 Å². The number of hydrogen-bond acceptors (Lipinski definition) is 4. The van der Waals surface area contributed by atoms with E-state index in [2.05, 4.69) is 0 Å². The van der Waals surface area contributed by atoms with Crippen LogP contribution in [0, 0.1) is 11.5 Å². The summed E-state index contributed by atoms with van der Waals surface area (Å²) in [6, 6.07) is 0.205. The van der Waals surface area contributed by atoms with Gasteiger partial charge in [0.2, 0.25) is 0 Å². The number of rotatable bonds is 4. The Balaban J connectivity index is 2.43. The van der Waals surface area contributed by atoms with Crippen molar-refractivity contribution in [3.05, 3.63) is 0 Å². The minimum Gasteiger partial charge on any atom is -0.466 e. The maximum absolute atomic E-state index is 11.2. The average molecular weight is 226 g/mol. The van der Waals surface area contributed by atoms with Gasteiger partial charge in [0.15, 0.2) is 6.19 Å². The first-order valence-electron chi connectivity index (χ1n) is 5.06. The fourth-order valence-electron chi connectivity index (χ4n) is 1.41. The van der Waals surface area contributed by atoms with Gasteiger partial charge in [-0.15, -0.1) is 0 Å². The molecule has 1 aliphatic carbocycles. The van der Waals surface area contributed by atoms with Gasteiger partial charge in [0.1, 0.15) is 4.99 Å². The van der Waals surface area contributed by atoms with Crippen molar-refractivity contribution in [1.29, 1.82) is 5.26 Å². The number of carbonyl (C=O) groups excluding carboxylic acids is 1. The number of nitriles is 1. The molecule has 0 amide bonds. The van der Waals surface area contributed by atoms with Crippen LogP contribution in [0.2, 0.25) is 0 Å². The molecule has 15 heavy (non-hydrogen) atoms. The highest BCUT2D eigenvalue weighted by atomic mass is 32.1. The largest absolute Gasteiger partial charge is 0.466 e. The SMILES string of the molecule is CCOC(=O)CC(=S)N(C#N)C1CCC1. The zero-order valence-electron chi connectivity index (χ0n) is 8.73. The van der Waals surface area contributed by atoms with E-state index in [1.54, 1.807) is 6.92 Å².